The molecular weight excluding hydrogens is 284 g/mol. The van der Waals surface area contributed by atoms with Gasteiger partial charge < -0.3 is 20.8 Å². The maximum Gasteiger partial charge on any atom is 0.326 e. The molecule has 20 heavy (non-hydrogen) atoms. The molecule has 1 atom stereocenters. The van der Waals surface area contributed by atoms with Gasteiger partial charge in [-0.2, -0.15) is 0 Å². The molecule has 0 aliphatic carbocycles. The molecule has 108 valence electrons. The van der Waals surface area contributed by atoms with Crippen molar-refractivity contribution in [2.24, 2.45) is 0 Å². The molecule has 0 fully saturated rings. The fourth-order valence-electron chi connectivity index (χ4n) is 1.44. The molecule has 8 heteroatoms. The number of hydrogen-bond acceptors (Lipinski definition) is 4. The molecule has 0 saturated carbocycles. The third kappa shape index (κ3) is 4.81. The van der Waals surface area contributed by atoms with Crippen LogP contribution in [-0.2, 0) is 9.59 Å². The zero-order valence-electron chi connectivity index (χ0n) is 10.6. The monoisotopic (exact) mass is 298 g/mol. The molecule has 1 rings (SSSR count). The maximum absolute atomic E-state index is 11.7. The highest BCUT2D eigenvalue weighted by Gasteiger charge is 2.23. The van der Waals surface area contributed by atoms with E-state index in [1.54, 1.807) is 24.3 Å². The van der Waals surface area contributed by atoms with Crippen LogP contribution in [0, 0.1) is 0 Å². The summed E-state index contributed by atoms with van der Waals surface area (Å²) in [5.74, 6) is -2.71. The Morgan fingerprint density at radius 2 is 1.90 bits per heavy atom. The summed E-state index contributed by atoms with van der Waals surface area (Å²) in [7, 11) is 0. The van der Waals surface area contributed by atoms with Crippen molar-refractivity contribution >= 4 is 35.4 Å². The van der Waals surface area contributed by atoms with Crippen molar-refractivity contribution in [2.45, 2.75) is 17.4 Å². The van der Waals surface area contributed by atoms with Gasteiger partial charge >= 0.3 is 18.0 Å². The molecule has 1 aromatic carbocycles. The Kier molecular flexibility index (Phi) is 5.85. The summed E-state index contributed by atoms with van der Waals surface area (Å²) in [5.41, 5.74) is 0.525. The van der Waals surface area contributed by atoms with E-state index in [1.165, 1.54) is 11.8 Å². The molecule has 0 saturated heterocycles. The Labute approximate surface area is 119 Å². The molecule has 0 aliphatic rings. The second-order valence-electron chi connectivity index (χ2n) is 3.79. The van der Waals surface area contributed by atoms with Crippen LogP contribution in [-0.4, -0.2) is 40.5 Å². The Hall–Kier alpha value is -2.22. The van der Waals surface area contributed by atoms with Gasteiger partial charge in [0.1, 0.15) is 6.04 Å². The van der Waals surface area contributed by atoms with Crippen molar-refractivity contribution in [3.8, 4) is 0 Å². The molecule has 0 spiro atoms. The summed E-state index contributed by atoms with van der Waals surface area (Å²) in [6.45, 7) is 0. The number of urea groups is 1. The average molecular weight is 298 g/mol. The molecule has 2 amide bonds. The molecule has 1 aromatic rings. The van der Waals surface area contributed by atoms with Crippen LogP contribution in [0.2, 0.25) is 0 Å². The lowest BCUT2D eigenvalue weighted by Crippen LogP contribution is -2.44. The molecule has 0 aliphatic heterocycles. The number of carbonyl (C=O) groups is 3. The summed E-state index contributed by atoms with van der Waals surface area (Å²) in [6.07, 6.45) is 1.15. The predicted octanol–water partition coefficient (Wildman–Crippen LogP) is 1.46. The number of hydrogen-bond donors (Lipinski definition) is 4. The number of amides is 2. The molecule has 7 nitrogen and oxygen atoms in total. The number of carbonyl (C=O) groups excluding carboxylic acids is 1. The second kappa shape index (κ2) is 7.39. The number of benzene rings is 1. The highest BCUT2D eigenvalue weighted by Crippen LogP contribution is 2.24. The van der Waals surface area contributed by atoms with E-state index in [4.69, 9.17) is 10.2 Å². The lowest BCUT2D eigenvalue weighted by Gasteiger charge is -2.14. The minimum Gasteiger partial charge on any atom is -0.481 e. The molecule has 0 radical (unpaired) electrons. The average Bonchev–Trinajstić information content (AvgIpc) is 2.37. The Balaban J connectivity index is 2.70. The van der Waals surface area contributed by atoms with Gasteiger partial charge in [0.05, 0.1) is 12.1 Å². The van der Waals surface area contributed by atoms with Crippen molar-refractivity contribution in [2.75, 3.05) is 11.6 Å². The Morgan fingerprint density at radius 1 is 1.25 bits per heavy atom. The van der Waals surface area contributed by atoms with Gasteiger partial charge in [0.25, 0.3) is 0 Å². The second-order valence-corrected chi connectivity index (χ2v) is 4.64. The van der Waals surface area contributed by atoms with Gasteiger partial charge in [0.15, 0.2) is 0 Å². The SMILES string of the molecule is CSc1ccccc1NC(=O)N[C@@H](CC(=O)O)C(=O)O. The summed E-state index contributed by atoms with van der Waals surface area (Å²) >= 11 is 1.42. The molecule has 4 N–H and O–H groups in total. The number of para-hydroxylation sites is 1. The fourth-order valence-corrected chi connectivity index (χ4v) is 1.99. The molecule has 0 unspecified atom stereocenters. The van der Waals surface area contributed by atoms with Crippen molar-refractivity contribution < 1.29 is 24.6 Å². The first-order valence-corrected chi connectivity index (χ1v) is 6.81. The van der Waals surface area contributed by atoms with Crippen LogP contribution in [0.4, 0.5) is 10.5 Å². The van der Waals surface area contributed by atoms with Crippen LogP contribution in [0.1, 0.15) is 6.42 Å². The fraction of sp³-hybridized carbons (Fsp3) is 0.250. The molecule has 0 bridgehead atoms. The Bertz CT molecular complexity index is 520. The number of nitrogens with one attached hydrogen (secondary N) is 2. The standard InChI is InChI=1S/C12H14N2O5S/c1-20-9-5-3-2-4-7(9)13-12(19)14-8(11(17)18)6-10(15)16/h2-5,8H,6H2,1H3,(H,15,16)(H,17,18)(H2,13,14,19)/t8-/m0/s1. The van der Waals surface area contributed by atoms with Gasteiger partial charge in [-0.1, -0.05) is 12.1 Å². The van der Waals surface area contributed by atoms with Gasteiger partial charge in [0.2, 0.25) is 0 Å². The van der Waals surface area contributed by atoms with Crippen LogP contribution >= 0.6 is 11.8 Å². The first-order valence-electron chi connectivity index (χ1n) is 5.59. The highest BCUT2D eigenvalue weighted by atomic mass is 32.2. The zero-order chi connectivity index (χ0) is 15.1. The summed E-state index contributed by atoms with van der Waals surface area (Å²) in [6, 6.07) is 4.75. The van der Waals surface area contributed by atoms with E-state index in [0.29, 0.717) is 5.69 Å². The van der Waals surface area contributed by atoms with Crippen LogP contribution < -0.4 is 10.6 Å². The third-order valence-corrected chi connectivity index (χ3v) is 3.13. The van der Waals surface area contributed by atoms with Crippen molar-refractivity contribution in [3.63, 3.8) is 0 Å². The van der Waals surface area contributed by atoms with Crippen molar-refractivity contribution in [1.29, 1.82) is 0 Å². The summed E-state index contributed by atoms with van der Waals surface area (Å²) < 4.78 is 0. The molecular formula is C12H14N2O5S. The van der Waals surface area contributed by atoms with E-state index in [0.717, 1.165) is 4.90 Å². The van der Waals surface area contributed by atoms with Gasteiger partial charge in [-0.3, -0.25) is 4.79 Å². The zero-order valence-corrected chi connectivity index (χ0v) is 11.4. The van der Waals surface area contributed by atoms with E-state index >= 15 is 0 Å². The van der Waals surface area contributed by atoms with E-state index in [1.807, 2.05) is 6.26 Å². The van der Waals surface area contributed by atoms with Crippen molar-refractivity contribution in [1.82, 2.24) is 5.32 Å². The topological polar surface area (TPSA) is 116 Å². The van der Waals surface area contributed by atoms with E-state index in [-0.39, 0.29) is 0 Å². The van der Waals surface area contributed by atoms with Crippen molar-refractivity contribution in [3.05, 3.63) is 24.3 Å². The first-order chi connectivity index (χ1) is 9.43. The van der Waals surface area contributed by atoms with Crippen LogP contribution in [0.3, 0.4) is 0 Å². The number of thioether (sulfide) groups is 1. The summed E-state index contributed by atoms with van der Waals surface area (Å²) in [4.78, 5) is 33.9. The van der Waals surface area contributed by atoms with Gasteiger partial charge in [-0.05, 0) is 18.4 Å². The number of carboxylic acid groups (broad SMARTS) is 2. The maximum atomic E-state index is 11.7. The van der Waals surface area contributed by atoms with E-state index < -0.39 is 30.4 Å². The van der Waals surface area contributed by atoms with Crippen LogP contribution in [0.5, 0.6) is 0 Å². The predicted molar refractivity (Wildman–Crippen MR) is 74.1 cm³/mol. The normalized spacial score (nSPS) is 11.4. The Morgan fingerprint density at radius 3 is 2.45 bits per heavy atom. The third-order valence-electron chi connectivity index (χ3n) is 2.34. The lowest BCUT2D eigenvalue weighted by molar-refractivity contribution is -0.145. The van der Waals surface area contributed by atoms with Crippen LogP contribution in [0.25, 0.3) is 0 Å². The number of carboxylic acids is 2. The lowest BCUT2D eigenvalue weighted by atomic mass is 10.2. The van der Waals surface area contributed by atoms with Gasteiger partial charge in [-0.15, -0.1) is 11.8 Å². The minimum atomic E-state index is -1.48. The van der Waals surface area contributed by atoms with E-state index in [2.05, 4.69) is 10.6 Å². The number of anilines is 1. The molecule has 0 heterocycles. The van der Waals surface area contributed by atoms with Gasteiger partial charge in [-0.25, -0.2) is 9.59 Å². The largest absolute Gasteiger partial charge is 0.481 e. The van der Waals surface area contributed by atoms with Gasteiger partial charge in [0, 0.05) is 4.90 Å². The first kappa shape index (κ1) is 15.8. The molecule has 0 aromatic heterocycles. The van der Waals surface area contributed by atoms with Crippen LogP contribution in [0.15, 0.2) is 29.2 Å². The quantitative estimate of drug-likeness (QED) is 0.591. The smallest absolute Gasteiger partial charge is 0.326 e. The minimum absolute atomic E-state index is 0.525. The number of rotatable bonds is 6. The highest BCUT2D eigenvalue weighted by molar-refractivity contribution is 7.98. The summed E-state index contributed by atoms with van der Waals surface area (Å²) in [5, 5.41) is 22.0. The number of aliphatic carboxylic acids is 2. The van der Waals surface area contributed by atoms with E-state index in [9.17, 15) is 14.4 Å².